The van der Waals surface area contributed by atoms with Gasteiger partial charge in [-0.1, -0.05) is 24.3 Å². The van der Waals surface area contributed by atoms with Crippen LogP contribution in [0.5, 0.6) is 0 Å². The molecule has 0 aliphatic rings. The minimum Gasteiger partial charge on any atom is -0.302 e. The molecule has 4 heterocycles. The Morgan fingerprint density at radius 2 is 1.52 bits per heavy atom. The predicted molar refractivity (Wildman–Crippen MR) is 120 cm³/mol. The van der Waals surface area contributed by atoms with Crippen LogP contribution < -0.4 is 11.1 Å². The van der Waals surface area contributed by atoms with Crippen molar-refractivity contribution in [3.8, 4) is 16.3 Å². The molecule has 156 valence electrons. The summed E-state index contributed by atoms with van der Waals surface area (Å²) >= 11 is 1.56. The first-order chi connectivity index (χ1) is 15.0. The number of hydrogen-bond acceptors (Lipinski definition) is 4. The van der Waals surface area contributed by atoms with Crippen molar-refractivity contribution in [3.05, 3.63) is 103 Å². The number of aromatic nitrogens is 6. The Bertz CT molecular complexity index is 1400. The Hall–Kier alpha value is -3.85. The molecule has 9 heteroatoms. The number of thiophene rings is 1. The van der Waals surface area contributed by atoms with Crippen molar-refractivity contribution < 1.29 is 0 Å². The molecule has 0 aliphatic heterocycles. The first-order valence-corrected chi connectivity index (χ1v) is 10.7. The summed E-state index contributed by atoms with van der Waals surface area (Å²) in [6, 6.07) is 13.7. The SMILES string of the molecule is Cc1[nH][nH]c(=O)c1C(c1cn(-c2ccccc2)nc1-c1cccs1)c1c(C)[nH][nH]c1=O. The summed E-state index contributed by atoms with van der Waals surface area (Å²) in [7, 11) is 0. The number of aromatic amines is 4. The molecule has 0 bridgehead atoms. The summed E-state index contributed by atoms with van der Waals surface area (Å²) < 4.78 is 1.80. The van der Waals surface area contributed by atoms with E-state index in [1.807, 2.05) is 67.9 Å². The van der Waals surface area contributed by atoms with Crippen LogP contribution in [0.25, 0.3) is 16.3 Å². The highest BCUT2D eigenvalue weighted by Crippen LogP contribution is 2.38. The maximum absolute atomic E-state index is 12.8. The molecule has 5 aromatic rings. The van der Waals surface area contributed by atoms with E-state index in [0.717, 1.165) is 21.8 Å². The van der Waals surface area contributed by atoms with Crippen LogP contribution in [0.1, 0.15) is 34.0 Å². The first kappa shape index (κ1) is 19.1. The molecular weight excluding hydrogens is 412 g/mol. The van der Waals surface area contributed by atoms with E-state index in [4.69, 9.17) is 5.10 Å². The quantitative estimate of drug-likeness (QED) is 0.341. The number of rotatable bonds is 5. The van der Waals surface area contributed by atoms with E-state index in [9.17, 15) is 9.59 Å². The first-order valence-electron chi connectivity index (χ1n) is 9.77. The van der Waals surface area contributed by atoms with Gasteiger partial charge in [-0.25, -0.2) is 4.68 Å². The summed E-state index contributed by atoms with van der Waals surface area (Å²) in [5, 5.41) is 17.9. The molecule has 4 aromatic heterocycles. The Kier molecular flexibility index (Phi) is 4.59. The number of benzene rings is 1. The maximum atomic E-state index is 12.8. The molecule has 0 unspecified atom stereocenters. The molecule has 0 spiro atoms. The van der Waals surface area contributed by atoms with Crippen molar-refractivity contribution >= 4 is 11.3 Å². The lowest BCUT2D eigenvalue weighted by molar-refractivity contribution is 0.880. The fraction of sp³-hybridized carbons (Fsp3) is 0.136. The van der Waals surface area contributed by atoms with Crippen LogP contribution in [0.2, 0.25) is 0 Å². The van der Waals surface area contributed by atoms with Gasteiger partial charge in [-0.15, -0.1) is 11.3 Å². The van der Waals surface area contributed by atoms with Crippen molar-refractivity contribution in [3.63, 3.8) is 0 Å². The van der Waals surface area contributed by atoms with Gasteiger partial charge in [0.25, 0.3) is 11.1 Å². The average Bonchev–Trinajstić information content (AvgIpc) is 3.55. The lowest BCUT2D eigenvalue weighted by atomic mass is 9.85. The number of para-hydroxylation sites is 1. The fourth-order valence-corrected chi connectivity index (χ4v) is 4.71. The third-order valence-electron chi connectivity index (χ3n) is 5.43. The van der Waals surface area contributed by atoms with Crippen LogP contribution in [0.3, 0.4) is 0 Å². The zero-order chi connectivity index (χ0) is 21.5. The molecule has 0 amide bonds. The number of nitrogens with zero attached hydrogens (tertiary/aromatic N) is 2. The third kappa shape index (κ3) is 3.19. The number of aryl methyl sites for hydroxylation is 2. The molecule has 0 saturated heterocycles. The average molecular weight is 433 g/mol. The van der Waals surface area contributed by atoms with Gasteiger partial charge >= 0.3 is 0 Å². The second-order valence-corrected chi connectivity index (χ2v) is 8.31. The van der Waals surface area contributed by atoms with Gasteiger partial charge in [0.2, 0.25) is 0 Å². The molecule has 0 saturated carbocycles. The van der Waals surface area contributed by atoms with E-state index in [1.54, 1.807) is 16.0 Å². The van der Waals surface area contributed by atoms with Crippen molar-refractivity contribution in [2.24, 2.45) is 0 Å². The lowest BCUT2D eigenvalue weighted by Gasteiger charge is -2.15. The second kappa shape index (κ2) is 7.44. The van der Waals surface area contributed by atoms with Gasteiger partial charge in [0, 0.05) is 23.1 Å². The van der Waals surface area contributed by atoms with Gasteiger partial charge in [0.15, 0.2) is 0 Å². The van der Waals surface area contributed by atoms with E-state index < -0.39 is 5.92 Å². The normalized spacial score (nSPS) is 11.5. The largest absolute Gasteiger partial charge is 0.302 e. The van der Waals surface area contributed by atoms with Crippen molar-refractivity contribution in [2.75, 3.05) is 0 Å². The van der Waals surface area contributed by atoms with Gasteiger partial charge in [-0.3, -0.25) is 19.8 Å². The minimum atomic E-state index is -0.598. The van der Waals surface area contributed by atoms with E-state index in [1.165, 1.54) is 0 Å². The van der Waals surface area contributed by atoms with Gasteiger partial charge < -0.3 is 10.2 Å². The number of nitrogens with one attached hydrogen (secondary N) is 4. The zero-order valence-electron chi connectivity index (χ0n) is 16.9. The number of hydrogen-bond donors (Lipinski definition) is 4. The Balaban J connectivity index is 1.84. The van der Waals surface area contributed by atoms with E-state index in [-0.39, 0.29) is 11.1 Å². The van der Waals surface area contributed by atoms with Crippen LogP contribution in [-0.2, 0) is 0 Å². The molecule has 8 nitrogen and oxygen atoms in total. The smallest absolute Gasteiger partial charge is 0.268 e. The molecule has 0 radical (unpaired) electrons. The predicted octanol–water partition coefficient (Wildman–Crippen LogP) is 3.43. The highest BCUT2D eigenvalue weighted by molar-refractivity contribution is 7.13. The second-order valence-electron chi connectivity index (χ2n) is 7.36. The maximum Gasteiger partial charge on any atom is 0.268 e. The fourth-order valence-electron chi connectivity index (χ4n) is 3.98. The van der Waals surface area contributed by atoms with Gasteiger partial charge in [0.1, 0.15) is 5.69 Å². The van der Waals surface area contributed by atoms with Crippen LogP contribution in [0, 0.1) is 13.8 Å². The van der Waals surface area contributed by atoms with Gasteiger partial charge in [-0.05, 0) is 37.4 Å². The van der Waals surface area contributed by atoms with Crippen LogP contribution in [0.4, 0.5) is 0 Å². The molecule has 0 aliphatic carbocycles. The molecular formula is C22H20N6O2S. The molecule has 31 heavy (non-hydrogen) atoms. The van der Waals surface area contributed by atoms with Crippen LogP contribution in [0.15, 0.2) is 63.6 Å². The molecule has 5 rings (SSSR count). The zero-order valence-corrected chi connectivity index (χ0v) is 17.7. The summed E-state index contributed by atoms with van der Waals surface area (Å²) in [6.07, 6.45) is 1.91. The van der Waals surface area contributed by atoms with Crippen molar-refractivity contribution in [1.29, 1.82) is 0 Å². The molecule has 0 fully saturated rings. The van der Waals surface area contributed by atoms with E-state index >= 15 is 0 Å². The molecule has 4 N–H and O–H groups in total. The highest BCUT2D eigenvalue weighted by Gasteiger charge is 2.32. The standard InChI is InChI=1S/C22H20N6O2S/c1-12-17(21(29)25-23-12)19(18-13(2)24-26-22(18)30)15-11-28(14-7-4-3-5-8-14)27-20(15)16-9-6-10-31-16/h3-11,19H,1-2H3,(H2,23,25,29)(H2,24,26,30). The molecule has 1 aromatic carbocycles. The third-order valence-corrected chi connectivity index (χ3v) is 6.31. The summed E-state index contributed by atoms with van der Waals surface area (Å²) in [6.45, 7) is 3.64. The van der Waals surface area contributed by atoms with Crippen LogP contribution in [-0.4, -0.2) is 30.2 Å². The van der Waals surface area contributed by atoms with Crippen molar-refractivity contribution in [2.45, 2.75) is 19.8 Å². The molecule has 0 atom stereocenters. The minimum absolute atomic E-state index is 0.257. The summed E-state index contributed by atoms with van der Waals surface area (Å²) in [4.78, 5) is 26.6. The topological polar surface area (TPSA) is 115 Å². The van der Waals surface area contributed by atoms with Gasteiger partial charge in [0.05, 0.1) is 27.6 Å². The highest BCUT2D eigenvalue weighted by atomic mass is 32.1. The van der Waals surface area contributed by atoms with Gasteiger partial charge in [-0.2, -0.15) is 5.10 Å². The monoisotopic (exact) mass is 432 g/mol. The summed E-state index contributed by atoms with van der Waals surface area (Å²) in [5.41, 5.74) is 4.26. The Morgan fingerprint density at radius 3 is 2.03 bits per heavy atom. The summed E-state index contributed by atoms with van der Waals surface area (Å²) in [5.74, 6) is -0.598. The Labute approximate surface area is 180 Å². The van der Waals surface area contributed by atoms with E-state index in [0.29, 0.717) is 22.5 Å². The number of H-pyrrole nitrogens is 4. The lowest BCUT2D eigenvalue weighted by Crippen LogP contribution is -2.20. The van der Waals surface area contributed by atoms with E-state index in [2.05, 4.69) is 20.4 Å². The van der Waals surface area contributed by atoms with Crippen LogP contribution >= 0.6 is 11.3 Å². The van der Waals surface area contributed by atoms with Crippen molar-refractivity contribution in [1.82, 2.24) is 30.2 Å². The Morgan fingerprint density at radius 1 is 0.871 bits per heavy atom.